The van der Waals surface area contributed by atoms with E-state index >= 15 is 0 Å². The zero-order chi connectivity index (χ0) is 12.4. The lowest BCUT2D eigenvalue weighted by molar-refractivity contribution is -0.384. The zero-order valence-electron chi connectivity index (χ0n) is 8.76. The van der Waals surface area contributed by atoms with Gasteiger partial charge in [-0.15, -0.1) is 0 Å². The van der Waals surface area contributed by atoms with E-state index in [1.807, 2.05) is 0 Å². The van der Waals surface area contributed by atoms with Crippen LogP contribution in [-0.2, 0) is 9.53 Å². The second-order valence-corrected chi connectivity index (χ2v) is 4.35. The van der Waals surface area contributed by atoms with E-state index in [0.29, 0.717) is 23.3 Å². The zero-order valence-corrected chi connectivity index (χ0v) is 10.3. The Labute approximate surface area is 105 Å². The van der Waals surface area contributed by atoms with Crippen LogP contribution >= 0.6 is 15.9 Å². The predicted octanol–water partition coefficient (Wildman–Crippen LogP) is 1.72. The first kappa shape index (κ1) is 12.0. The molecule has 1 aromatic rings. The maximum absolute atomic E-state index is 11.6. The Morgan fingerprint density at radius 1 is 1.47 bits per heavy atom. The number of halogens is 1. The Balaban J connectivity index is 2.32. The van der Waals surface area contributed by atoms with Gasteiger partial charge in [-0.25, -0.2) is 0 Å². The molecule has 0 aromatic heterocycles. The van der Waals surface area contributed by atoms with E-state index in [1.54, 1.807) is 11.0 Å². The van der Waals surface area contributed by atoms with Gasteiger partial charge < -0.3 is 9.64 Å². The molecule has 1 amide bonds. The van der Waals surface area contributed by atoms with Crippen LogP contribution in [0.15, 0.2) is 22.7 Å². The van der Waals surface area contributed by atoms with Crippen LogP contribution in [0.4, 0.5) is 11.4 Å². The molecule has 7 heteroatoms. The number of rotatable bonds is 2. The summed E-state index contributed by atoms with van der Waals surface area (Å²) in [4.78, 5) is 23.3. The highest BCUT2D eigenvalue weighted by Crippen LogP contribution is 2.30. The number of carbonyl (C=O) groups is 1. The molecule has 1 fully saturated rings. The van der Waals surface area contributed by atoms with Gasteiger partial charge in [0.15, 0.2) is 0 Å². The molecule has 17 heavy (non-hydrogen) atoms. The number of morpholine rings is 1. The summed E-state index contributed by atoms with van der Waals surface area (Å²) in [5.41, 5.74) is 0.616. The van der Waals surface area contributed by atoms with Crippen LogP contribution < -0.4 is 4.90 Å². The number of carbonyl (C=O) groups excluding carboxylic acids is 1. The van der Waals surface area contributed by atoms with Gasteiger partial charge in [-0.2, -0.15) is 0 Å². The van der Waals surface area contributed by atoms with E-state index in [4.69, 9.17) is 4.74 Å². The minimum Gasteiger partial charge on any atom is -0.370 e. The van der Waals surface area contributed by atoms with Crippen molar-refractivity contribution < 1.29 is 14.5 Å². The smallest absolute Gasteiger partial charge is 0.270 e. The molecule has 1 aliphatic heterocycles. The van der Waals surface area contributed by atoms with E-state index < -0.39 is 4.92 Å². The normalized spacial score (nSPS) is 16.1. The SMILES string of the molecule is O=C1COCCN1c1ccc([N+](=O)[O-])cc1Br. The fourth-order valence-electron chi connectivity index (χ4n) is 1.60. The van der Waals surface area contributed by atoms with Crippen molar-refractivity contribution in [2.75, 3.05) is 24.7 Å². The highest BCUT2D eigenvalue weighted by atomic mass is 79.9. The third kappa shape index (κ3) is 2.45. The number of non-ortho nitro benzene ring substituents is 1. The second kappa shape index (κ2) is 4.80. The molecule has 0 aliphatic carbocycles. The number of ether oxygens (including phenoxy) is 1. The van der Waals surface area contributed by atoms with E-state index in [9.17, 15) is 14.9 Å². The van der Waals surface area contributed by atoms with Crippen LogP contribution in [0.5, 0.6) is 0 Å². The number of hydrogen-bond donors (Lipinski definition) is 0. The van der Waals surface area contributed by atoms with Crippen molar-refractivity contribution in [1.82, 2.24) is 0 Å². The molecule has 1 aromatic carbocycles. The van der Waals surface area contributed by atoms with Crippen LogP contribution in [-0.4, -0.2) is 30.6 Å². The standard InChI is InChI=1S/C10H9BrN2O4/c11-8-5-7(13(15)16)1-2-9(8)12-3-4-17-6-10(12)14/h1-2,5H,3-4,6H2. The van der Waals surface area contributed by atoms with Crippen molar-refractivity contribution in [2.24, 2.45) is 0 Å². The monoisotopic (exact) mass is 300 g/mol. The summed E-state index contributed by atoms with van der Waals surface area (Å²) < 4.78 is 5.55. The number of anilines is 1. The molecule has 0 atom stereocenters. The average Bonchev–Trinajstić information content (AvgIpc) is 2.30. The third-order valence-corrected chi connectivity index (χ3v) is 3.05. The third-order valence-electron chi connectivity index (χ3n) is 2.42. The van der Waals surface area contributed by atoms with Gasteiger partial charge in [0.05, 0.1) is 17.2 Å². The van der Waals surface area contributed by atoms with Gasteiger partial charge >= 0.3 is 0 Å². The highest BCUT2D eigenvalue weighted by molar-refractivity contribution is 9.10. The number of nitro groups is 1. The molecule has 6 nitrogen and oxygen atoms in total. The summed E-state index contributed by atoms with van der Waals surface area (Å²) in [6.45, 7) is 0.966. The summed E-state index contributed by atoms with van der Waals surface area (Å²) in [5, 5.41) is 10.6. The van der Waals surface area contributed by atoms with E-state index in [0.717, 1.165) is 0 Å². The maximum atomic E-state index is 11.6. The van der Waals surface area contributed by atoms with Gasteiger partial charge in [-0.05, 0) is 22.0 Å². The Bertz CT molecular complexity index is 477. The Kier molecular flexibility index (Phi) is 3.39. The lowest BCUT2D eigenvalue weighted by atomic mass is 10.2. The van der Waals surface area contributed by atoms with Crippen LogP contribution in [0, 0.1) is 10.1 Å². The van der Waals surface area contributed by atoms with E-state index in [-0.39, 0.29) is 18.2 Å². The summed E-state index contributed by atoms with van der Waals surface area (Å²) in [7, 11) is 0. The quantitative estimate of drug-likeness (QED) is 0.616. The van der Waals surface area contributed by atoms with Gasteiger partial charge in [-0.1, -0.05) is 0 Å². The van der Waals surface area contributed by atoms with Gasteiger partial charge in [0.1, 0.15) is 6.61 Å². The molecule has 0 radical (unpaired) electrons. The fraction of sp³-hybridized carbons (Fsp3) is 0.300. The first-order chi connectivity index (χ1) is 8.09. The van der Waals surface area contributed by atoms with Crippen molar-refractivity contribution in [3.05, 3.63) is 32.8 Å². The van der Waals surface area contributed by atoms with Crippen LogP contribution in [0.25, 0.3) is 0 Å². The molecule has 1 aliphatic rings. The van der Waals surface area contributed by atoms with Crippen molar-refractivity contribution in [2.45, 2.75) is 0 Å². The highest BCUT2D eigenvalue weighted by Gasteiger charge is 2.23. The Hall–Kier alpha value is -1.47. The molecule has 0 N–H and O–H groups in total. The minimum absolute atomic E-state index is 0.0127. The molecule has 0 bridgehead atoms. The van der Waals surface area contributed by atoms with Crippen molar-refractivity contribution in [1.29, 1.82) is 0 Å². The largest absolute Gasteiger partial charge is 0.370 e. The summed E-state index contributed by atoms with van der Waals surface area (Å²) in [6, 6.07) is 4.33. The number of benzene rings is 1. The first-order valence-corrected chi connectivity index (χ1v) is 5.71. The predicted molar refractivity (Wildman–Crippen MR) is 64.0 cm³/mol. The molecule has 90 valence electrons. The fourth-order valence-corrected chi connectivity index (χ4v) is 2.18. The molecule has 0 saturated carbocycles. The van der Waals surface area contributed by atoms with Gasteiger partial charge in [0.25, 0.3) is 11.6 Å². The molecule has 1 heterocycles. The number of nitrogens with zero attached hydrogens (tertiary/aromatic N) is 2. The van der Waals surface area contributed by atoms with E-state index in [2.05, 4.69) is 15.9 Å². The minimum atomic E-state index is -0.477. The topological polar surface area (TPSA) is 72.7 Å². The number of nitro benzene ring substituents is 1. The summed E-state index contributed by atoms with van der Waals surface area (Å²) >= 11 is 3.24. The van der Waals surface area contributed by atoms with Crippen LogP contribution in [0.3, 0.4) is 0 Å². The molecule has 0 spiro atoms. The van der Waals surface area contributed by atoms with Crippen molar-refractivity contribution in [3.63, 3.8) is 0 Å². The van der Waals surface area contributed by atoms with Crippen LogP contribution in [0.2, 0.25) is 0 Å². The van der Waals surface area contributed by atoms with Gasteiger partial charge in [0.2, 0.25) is 0 Å². The molecular weight excluding hydrogens is 292 g/mol. The maximum Gasteiger partial charge on any atom is 0.270 e. The van der Waals surface area contributed by atoms with Crippen LogP contribution in [0.1, 0.15) is 0 Å². The van der Waals surface area contributed by atoms with Gasteiger partial charge in [-0.3, -0.25) is 14.9 Å². The number of hydrogen-bond acceptors (Lipinski definition) is 4. The van der Waals surface area contributed by atoms with Gasteiger partial charge in [0, 0.05) is 23.2 Å². The summed E-state index contributed by atoms with van der Waals surface area (Å²) in [6.07, 6.45) is 0. The van der Waals surface area contributed by atoms with Crippen molar-refractivity contribution in [3.8, 4) is 0 Å². The summed E-state index contributed by atoms with van der Waals surface area (Å²) in [5.74, 6) is -0.147. The average molecular weight is 301 g/mol. The second-order valence-electron chi connectivity index (χ2n) is 3.49. The molecule has 0 unspecified atom stereocenters. The lowest BCUT2D eigenvalue weighted by Crippen LogP contribution is -2.41. The molecular formula is C10H9BrN2O4. The van der Waals surface area contributed by atoms with E-state index in [1.165, 1.54) is 12.1 Å². The molecule has 1 saturated heterocycles. The number of amides is 1. The lowest BCUT2D eigenvalue weighted by Gasteiger charge is -2.27. The molecule has 2 rings (SSSR count). The first-order valence-electron chi connectivity index (χ1n) is 4.91. The van der Waals surface area contributed by atoms with Crippen molar-refractivity contribution >= 4 is 33.2 Å². The Morgan fingerprint density at radius 2 is 2.24 bits per heavy atom. The Morgan fingerprint density at radius 3 is 2.82 bits per heavy atom.